The Morgan fingerprint density at radius 2 is 1.56 bits per heavy atom. The Balaban J connectivity index is 1.51. The van der Waals surface area contributed by atoms with Crippen molar-refractivity contribution in [3.8, 4) is 23.0 Å². The second-order valence-electron chi connectivity index (χ2n) is 7.57. The van der Waals surface area contributed by atoms with Crippen molar-refractivity contribution < 1.29 is 23.7 Å². The number of hydrogen-bond donors (Lipinski definition) is 1. The Kier molecular flexibility index (Phi) is 6.80. The number of fused-ring (bicyclic) bond motifs is 1. The number of hydrogen-bond acceptors (Lipinski definition) is 5. The zero-order valence-electron chi connectivity index (χ0n) is 18.3. The zero-order valence-corrected chi connectivity index (χ0v) is 18.3. The number of carbonyl (C=O) groups is 1. The lowest BCUT2D eigenvalue weighted by Gasteiger charge is -2.20. The summed E-state index contributed by atoms with van der Waals surface area (Å²) in [5.41, 5.74) is 2.78. The Labute approximate surface area is 188 Å². The molecule has 0 radical (unpaired) electrons. The summed E-state index contributed by atoms with van der Waals surface area (Å²) in [6, 6.07) is 20.9. The minimum absolute atomic E-state index is 0.108. The third kappa shape index (κ3) is 5.32. The SMILES string of the molecule is CCOc1ccc(C(=O)NC(Cc2ccc(OC)cc2)Cc2ccc3c(c2)OCO3)cc1. The average Bonchev–Trinajstić information content (AvgIpc) is 3.28. The van der Waals surface area contributed by atoms with Gasteiger partial charge in [-0.25, -0.2) is 0 Å². The molecule has 166 valence electrons. The van der Waals surface area contributed by atoms with Crippen LogP contribution in [0.25, 0.3) is 0 Å². The monoisotopic (exact) mass is 433 g/mol. The van der Waals surface area contributed by atoms with Gasteiger partial charge in [0.05, 0.1) is 13.7 Å². The summed E-state index contributed by atoms with van der Waals surface area (Å²) in [7, 11) is 1.65. The van der Waals surface area contributed by atoms with Gasteiger partial charge in [-0.15, -0.1) is 0 Å². The van der Waals surface area contributed by atoms with Gasteiger partial charge in [0.15, 0.2) is 11.5 Å². The molecule has 0 saturated heterocycles. The molecule has 1 unspecified atom stereocenters. The van der Waals surface area contributed by atoms with E-state index in [1.54, 1.807) is 19.2 Å². The highest BCUT2D eigenvalue weighted by Gasteiger charge is 2.18. The van der Waals surface area contributed by atoms with Crippen LogP contribution in [0.1, 0.15) is 28.4 Å². The van der Waals surface area contributed by atoms with E-state index in [-0.39, 0.29) is 18.7 Å². The third-order valence-electron chi connectivity index (χ3n) is 5.32. The molecule has 3 aromatic carbocycles. The second kappa shape index (κ2) is 10.1. The molecule has 1 atom stereocenters. The first-order valence-corrected chi connectivity index (χ1v) is 10.7. The van der Waals surface area contributed by atoms with Crippen LogP contribution in [0.15, 0.2) is 66.7 Å². The highest BCUT2D eigenvalue weighted by molar-refractivity contribution is 5.94. The molecule has 0 bridgehead atoms. The van der Waals surface area contributed by atoms with E-state index in [0.717, 1.165) is 34.1 Å². The number of ether oxygens (including phenoxy) is 4. The molecule has 0 spiro atoms. The summed E-state index contributed by atoms with van der Waals surface area (Å²) in [6.07, 6.45) is 1.34. The Bertz CT molecular complexity index is 1050. The van der Waals surface area contributed by atoms with E-state index in [0.29, 0.717) is 25.0 Å². The first kappa shape index (κ1) is 21.6. The first-order valence-electron chi connectivity index (χ1n) is 10.7. The van der Waals surface area contributed by atoms with E-state index < -0.39 is 0 Å². The van der Waals surface area contributed by atoms with E-state index in [1.165, 1.54) is 0 Å². The summed E-state index contributed by atoms with van der Waals surface area (Å²) < 4.78 is 21.6. The molecule has 0 fully saturated rings. The van der Waals surface area contributed by atoms with Crippen LogP contribution < -0.4 is 24.3 Å². The maximum absolute atomic E-state index is 13.0. The van der Waals surface area contributed by atoms with Crippen LogP contribution in [0.3, 0.4) is 0 Å². The summed E-state index contributed by atoms with van der Waals surface area (Å²) in [5, 5.41) is 3.19. The molecule has 6 nitrogen and oxygen atoms in total. The average molecular weight is 434 g/mol. The van der Waals surface area contributed by atoms with E-state index >= 15 is 0 Å². The fourth-order valence-electron chi connectivity index (χ4n) is 3.71. The first-order chi connectivity index (χ1) is 15.6. The van der Waals surface area contributed by atoms with Gasteiger partial charge in [0, 0.05) is 11.6 Å². The lowest BCUT2D eigenvalue weighted by Crippen LogP contribution is -2.38. The van der Waals surface area contributed by atoms with Gasteiger partial charge in [-0.1, -0.05) is 18.2 Å². The number of rotatable bonds is 9. The van der Waals surface area contributed by atoms with Gasteiger partial charge >= 0.3 is 0 Å². The van der Waals surface area contributed by atoms with Crippen molar-refractivity contribution in [1.82, 2.24) is 5.32 Å². The van der Waals surface area contributed by atoms with Gasteiger partial charge < -0.3 is 24.3 Å². The van der Waals surface area contributed by atoms with Crippen molar-refractivity contribution in [2.75, 3.05) is 20.5 Å². The number of carbonyl (C=O) groups excluding carboxylic acids is 1. The van der Waals surface area contributed by atoms with Crippen LogP contribution in [-0.4, -0.2) is 32.5 Å². The Morgan fingerprint density at radius 3 is 2.28 bits per heavy atom. The van der Waals surface area contributed by atoms with Crippen molar-refractivity contribution >= 4 is 5.91 Å². The fraction of sp³-hybridized carbons (Fsp3) is 0.269. The van der Waals surface area contributed by atoms with Crippen molar-refractivity contribution in [2.24, 2.45) is 0 Å². The maximum atomic E-state index is 13.0. The van der Waals surface area contributed by atoms with Crippen LogP contribution in [0.4, 0.5) is 0 Å². The predicted octanol–water partition coefficient (Wildman–Crippen LogP) is 4.41. The quantitative estimate of drug-likeness (QED) is 0.542. The summed E-state index contributed by atoms with van der Waals surface area (Å²) in [5.74, 6) is 2.92. The highest BCUT2D eigenvalue weighted by atomic mass is 16.7. The van der Waals surface area contributed by atoms with Crippen LogP contribution >= 0.6 is 0 Å². The fourth-order valence-corrected chi connectivity index (χ4v) is 3.71. The van der Waals surface area contributed by atoms with E-state index in [1.807, 2.05) is 61.5 Å². The minimum atomic E-state index is -0.118. The molecule has 6 heteroatoms. The lowest BCUT2D eigenvalue weighted by molar-refractivity contribution is 0.0936. The number of benzene rings is 3. The topological polar surface area (TPSA) is 66.0 Å². The van der Waals surface area contributed by atoms with Gasteiger partial charge in [-0.2, -0.15) is 0 Å². The largest absolute Gasteiger partial charge is 0.497 e. The minimum Gasteiger partial charge on any atom is -0.497 e. The molecule has 1 heterocycles. The van der Waals surface area contributed by atoms with Crippen LogP contribution in [0, 0.1) is 0 Å². The molecular weight excluding hydrogens is 406 g/mol. The molecule has 4 rings (SSSR count). The highest BCUT2D eigenvalue weighted by Crippen LogP contribution is 2.33. The second-order valence-corrected chi connectivity index (χ2v) is 7.57. The molecule has 32 heavy (non-hydrogen) atoms. The summed E-state index contributed by atoms with van der Waals surface area (Å²) in [6.45, 7) is 2.76. The molecule has 1 amide bonds. The van der Waals surface area contributed by atoms with Crippen molar-refractivity contribution in [1.29, 1.82) is 0 Å². The third-order valence-corrected chi connectivity index (χ3v) is 5.32. The summed E-state index contributed by atoms with van der Waals surface area (Å²) >= 11 is 0. The number of amides is 1. The molecule has 0 aromatic heterocycles. The molecule has 3 aromatic rings. The smallest absolute Gasteiger partial charge is 0.251 e. The van der Waals surface area contributed by atoms with Gasteiger partial charge in [-0.3, -0.25) is 4.79 Å². The molecule has 1 aliphatic heterocycles. The predicted molar refractivity (Wildman–Crippen MR) is 122 cm³/mol. The summed E-state index contributed by atoms with van der Waals surface area (Å²) in [4.78, 5) is 13.0. The van der Waals surface area contributed by atoms with Crippen molar-refractivity contribution in [2.45, 2.75) is 25.8 Å². The van der Waals surface area contributed by atoms with Gasteiger partial charge in [0.2, 0.25) is 6.79 Å². The Hall–Kier alpha value is -3.67. The van der Waals surface area contributed by atoms with Crippen LogP contribution in [0.5, 0.6) is 23.0 Å². The number of methoxy groups -OCH3 is 1. The molecule has 0 aliphatic carbocycles. The van der Waals surface area contributed by atoms with Crippen molar-refractivity contribution in [3.63, 3.8) is 0 Å². The standard InChI is InChI=1S/C26H27NO5/c1-3-30-23-11-7-20(8-12-23)26(28)27-21(14-18-4-9-22(29-2)10-5-18)15-19-6-13-24-25(16-19)32-17-31-24/h4-13,16,21H,3,14-15,17H2,1-2H3,(H,27,28). The maximum Gasteiger partial charge on any atom is 0.251 e. The van der Waals surface area contributed by atoms with Gasteiger partial charge in [0.25, 0.3) is 5.91 Å². The number of nitrogens with one attached hydrogen (secondary N) is 1. The normalized spacial score (nSPS) is 12.8. The molecule has 1 N–H and O–H groups in total. The Morgan fingerprint density at radius 1 is 0.906 bits per heavy atom. The molecular formula is C26H27NO5. The van der Waals surface area contributed by atoms with E-state index in [2.05, 4.69) is 5.32 Å². The van der Waals surface area contributed by atoms with Crippen molar-refractivity contribution in [3.05, 3.63) is 83.4 Å². The van der Waals surface area contributed by atoms with E-state index in [4.69, 9.17) is 18.9 Å². The van der Waals surface area contributed by atoms with Gasteiger partial charge in [0.1, 0.15) is 11.5 Å². The van der Waals surface area contributed by atoms with Crippen LogP contribution in [-0.2, 0) is 12.8 Å². The van der Waals surface area contributed by atoms with E-state index in [9.17, 15) is 4.79 Å². The van der Waals surface area contributed by atoms with Crippen LogP contribution in [0.2, 0.25) is 0 Å². The molecule has 1 aliphatic rings. The zero-order chi connectivity index (χ0) is 22.3. The van der Waals surface area contributed by atoms with Gasteiger partial charge in [-0.05, 0) is 79.4 Å². The molecule has 0 saturated carbocycles. The lowest BCUT2D eigenvalue weighted by atomic mass is 9.98.